The minimum Gasteiger partial charge on any atom is -0.481 e. The predicted molar refractivity (Wildman–Crippen MR) is 154 cm³/mol. The number of hydrogen-bond donors (Lipinski definition) is 3. The number of alkyl halides is 3. The molecule has 2 saturated heterocycles. The lowest BCUT2D eigenvalue weighted by molar-refractivity contribution is -0.543. The quantitative estimate of drug-likeness (QED) is 0.133. The highest BCUT2D eigenvalue weighted by Crippen LogP contribution is 2.48. The molecule has 0 saturated carbocycles. The Labute approximate surface area is 238 Å². The number of nitrogens with zero attached hydrogens (tertiary/aromatic N) is 3. The Morgan fingerprint density at radius 2 is 1.95 bits per heavy atom. The molecule has 7 nitrogen and oxygen atoms in total. The van der Waals surface area contributed by atoms with Crippen molar-refractivity contribution >= 4 is 23.2 Å². The molecule has 5 rings (SSSR count). The molecule has 0 spiro atoms. The van der Waals surface area contributed by atoms with Crippen LogP contribution in [-0.2, 0) is 10.7 Å². The molecule has 4 unspecified atom stereocenters. The number of carbonyl (C=O) groups is 1. The number of fused-ring (bicyclic) bond motifs is 1. The first-order chi connectivity index (χ1) is 19.4. The van der Waals surface area contributed by atoms with Crippen LogP contribution in [0.1, 0.15) is 42.8 Å². The van der Waals surface area contributed by atoms with E-state index in [1.54, 1.807) is 19.1 Å². The molecule has 0 radical (unpaired) electrons. The maximum atomic E-state index is 15.1. The van der Waals surface area contributed by atoms with Crippen LogP contribution in [0.2, 0.25) is 0 Å². The maximum Gasteiger partial charge on any atom is 0.307 e. The molecule has 3 aliphatic heterocycles. The third-order valence-electron chi connectivity index (χ3n) is 8.59. The van der Waals surface area contributed by atoms with Crippen molar-refractivity contribution in [1.82, 2.24) is 9.80 Å². The number of rotatable bonds is 9. The number of nitrogens with two attached hydrogens (primary N) is 1. The van der Waals surface area contributed by atoms with Crippen LogP contribution in [0.5, 0.6) is 0 Å². The van der Waals surface area contributed by atoms with Crippen molar-refractivity contribution in [3.63, 3.8) is 0 Å². The van der Waals surface area contributed by atoms with Gasteiger partial charge >= 0.3 is 5.97 Å². The normalized spacial score (nSPS) is 24.0. The first-order valence-corrected chi connectivity index (χ1v) is 13.9. The van der Waals surface area contributed by atoms with Gasteiger partial charge in [-0.25, -0.2) is 9.29 Å². The van der Waals surface area contributed by atoms with Gasteiger partial charge in [0.25, 0.3) is 11.8 Å². The van der Waals surface area contributed by atoms with Crippen LogP contribution in [0.25, 0.3) is 0 Å². The van der Waals surface area contributed by atoms with Crippen molar-refractivity contribution in [2.75, 3.05) is 50.3 Å². The smallest absolute Gasteiger partial charge is 0.307 e. The molecule has 4 N–H and O–H groups in total. The number of allylic oxidation sites excluding steroid dienone is 1. The number of nitrogen functional groups attached to an aromatic ring is 1. The molecule has 41 heavy (non-hydrogen) atoms. The fourth-order valence-electron chi connectivity index (χ4n) is 5.86. The van der Waals surface area contributed by atoms with E-state index in [9.17, 15) is 18.7 Å². The van der Waals surface area contributed by atoms with E-state index in [4.69, 9.17) is 5.73 Å². The van der Waals surface area contributed by atoms with Crippen LogP contribution in [0.15, 0.2) is 67.3 Å². The maximum absolute atomic E-state index is 15.1. The Morgan fingerprint density at radius 3 is 2.56 bits per heavy atom. The third-order valence-corrected chi connectivity index (χ3v) is 8.59. The van der Waals surface area contributed by atoms with Crippen LogP contribution < -0.4 is 11.1 Å². The van der Waals surface area contributed by atoms with Crippen molar-refractivity contribution in [1.29, 1.82) is 0 Å². The molecule has 0 bridgehead atoms. The molecule has 2 fully saturated rings. The molecular formula is C31H37F3N5O2+. The first kappa shape index (κ1) is 28.7. The minimum atomic E-state index is -3.21. The lowest BCUT2D eigenvalue weighted by atomic mass is 9.84. The number of carboxylic acid groups (broad SMARTS) is 1. The van der Waals surface area contributed by atoms with Crippen LogP contribution in [0.4, 0.5) is 24.5 Å². The van der Waals surface area contributed by atoms with E-state index in [1.807, 2.05) is 12.1 Å². The zero-order valence-electron chi connectivity index (χ0n) is 23.4. The number of hydrogen-bond acceptors (Lipinski definition) is 4. The first-order valence-electron chi connectivity index (χ1n) is 13.9. The number of nitrogens with one attached hydrogen (secondary N) is 1. The van der Waals surface area contributed by atoms with Crippen molar-refractivity contribution in [3.8, 4) is 0 Å². The Hall–Kier alpha value is -3.79. The molecule has 3 aliphatic rings. The van der Waals surface area contributed by atoms with Gasteiger partial charge in [-0.2, -0.15) is 8.78 Å². The number of halogens is 3. The highest BCUT2D eigenvalue weighted by Gasteiger charge is 2.63. The zero-order valence-corrected chi connectivity index (χ0v) is 23.4. The molecule has 218 valence electrons. The second-order valence-corrected chi connectivity index (χ2v) is 11.5. The molecule has 0 aliphatic carbocycles. The Kier molecular flexibility index (Phi) is 7.63. The van der Waals surface area contributed by atoms with Crippen LogP contribution in [0, 0.1) is 5.92 Å². The molecule has 3 heterocycles. The minimum absolute atomic E-state index is 0.0284. The average Bonchev–Trinajstić information content (AvgIpc) is 3.66. The van der Waals surface area contributed by atoms with E-state index in [0.29, 0.717) is 18.2 Å². The van der Waals surface area contributed by atoms with Crippen molar-refractivity contribution < 1.29 is 27.6 Å². The standard InChI is InChI=1S/C31H36F3N5O2/c1-4-31(33,34)23-9-11-26(25(35)17-23)36-28(32)22-7-5-21(6-8-22)24-10-12-27(39-19-30(24,39)3)38-15-13-37(14-16-38)18-20(2)29(40)41/h4-12,17,20,24,28,36H,1,13-16,18-19,35H2,2-3H3/p+1. The molecule has 2 aromatic rings. The Morgan fingerprint density at radius 1 is 1.27 bits per heavy atom. The van der Waals surface area contributed by atoms with Gasteiger partial charge in [0.2, 0.25) is 0 Å². The van der Waals surface area contributed by atoms with Gasteiger partial charge in [0.1, 0.15) is 6.54 Å². The van der Waals surface area contributed by atoms with Gasteiger partial charge in [0.05, 0.1) is 30.4 Å². The summed E-state index contributed by atoms with van der Waals surface area (Å²) in [4.78, 5) is 15.8. The summed E-state index contributed by atoms with van der Waals surface area (Å²) in [6, 6.07) is 11.0. The number of carboxylic acids is 1. The van der Waals surface area contributed by atoms with Gasteiger partial charge in [-0.1, -0.05) is 49.9 Å². The molecule has 0 amide bonds. The lowest BCUT2D eigenvalue weighted by Gasteiger charge is -2.30. The van der Waals surface area contributed by atoms with E-state index in [1.165, 1.54) is 18.0 Å². The zero-order chi connectivity index (χ0) is 29.5. The van der Waals surface area contributed by atoms with Gasteiger partial charge in [0.15, 0.2) is 11.8 Å². The summed E-state index contributed by atoms with van der Waals surface area (Å²) in [5, 5.41) is 11.9. The van der Waals surface area contributed by atoms with Crippen molar-refractivity contribution in [2.45, 2.75) is 37.5 Å². The van der Waals surface area contributed by atoms with E-state index >= 15 is 4.39 Å². The van der Waals surface area contributed by atoms with Crippen LogP contribution in [-0.4, -0.2) is 76.1 Å². The summed E-state index contributed by atoms with van der Waals surface area (Å²) in [6.45, 7) is 12.0. The molecule has 10 heteroatoms. The SMILES string of the molecule is C=CC(F)(F)c1ccc(NC(F)c2ccc(C3C=CC(=[N+]4CCN(CC(C)C(=O)O)CC4)N4CC34C)cc2)c(N)c1. The highest BCUT2D eigenvalue weighted by molar-refractivity contribution is 5.93. The fourth-order valence-corrected chi connectivity index (χ4v) is 5.86. The molecule has 0 aromatic heterocycles. The molecule has 2 aromatic carbocycles. The number of aliphatic carboxylic acids is 1. The Balaban J connectivity index is 1.23. The second kappa shape index (κ2) is 10.9. The van der Waals surface area contributed by atoms with Crippen LogP contribution >= 0.6 is 0 Å². The Bertz CT molecular complexity index is 1380. The number of amidine groups is 1. The number of anilines is 2. The van der Waals surface area contributed by atoms with Gasteiger partial charge in [-0.3, -0.25) is 14.3 Å². The van der Waals surface area contributed by atoms with Crippen LogP contribution in [0.3, 0.4) is 0 Å². The number of piperazine rings is 1. The van der Waals surface area contributed by atoms with Gasteiger partial charge < -0.3 is 16.2 Å². The predicted octanol–water partition coefficient (Wildman–Crippen LogP) is 4.80. The highest BCUT2D eigenvalue weighted by atomic mass is 19.3. The van der Waals surface area contributed by atoms with Gasteiger partial charge in [-0.05, 0) is 30.7 Å². The molecular weight excluding hydrogens is 531 g/mol. The average molecular weight is 569 g/mol. The summed E-state index contributed by atoms with van der Waals surface area (Å²) >= 11 is 0. The van der Waals surface area contributed by atoms with Gasteiger partial charge in [-0.15, -0.1) is 0 Å². The van der Waals surface area contributed by atoms with Crippen molar-refractivity contribution in [3.05, 3.63) is 84.0 Å². The van der Waals surface area contributed by atoms with E-state index in [-0.39, 0.29) is 34.3 Å². The fraction of sp³-hybridized carbons (Fsp3) is 0.419. The second-order valence-electron chi connectivity index (χ2n) is 11.5. The topological polar surface area (TPSA) is 84.6 Å². The van der Waals surface area contributed by atoms with E-state index in [0.717, 1.165) is 44.4 Å². The van der Waals surface area contributed by atoms with Gasteiger partial charge in [0, 0.05) is 42.8 Å². The number of benzene rings is 2. The van der Waals surface area contributed by atoms with Crippen molar-refractivity contribution in [2.24, 2.45) is 5.92 Å². The monoisotopic (exact) mass is 568 g/mol. The summed E-state index contributed by atoms with van der Waals surface area (Å²) in [6.07, 6.45) is 3.37. The lowest BCUT2D eigenvalue weighted by Crippen LogP contribution is -2.48. The third kappa shape index (κ3) is 5.70. The largest absolute Gasteiger partial charge is 0.481 e. The van der Waals surface area contributed by atoms with E-state index in [2.05, 4.69) is 45.3 Å². The van der Waals surface area contributed by atoms with E-state index < -0.39 is 18.2 Å². The summed E-state index contributed by atoms with van der Waals surface area (Å²) in [5.74, 6) is -3.00. The summed E-state index contributed by atoms with van der Waals surface area (Å²) in [5.41, 5.74) is 7.33. The molecule has 4 atom stereocenters. The summed E-state index contributed by atoms with van der Waals surface area (Å²) in [7, 11) is 0. The summed E-state index contributed by atoms with van der Waals surface area (Å²) < 4.78 is 45.2.